The zero-order valence-electron chi connectivity index (χ0n) is 25.4. The summed E-state index contributed by atoms with van der Waals surface area (Å²) in [6, 6.07) is 13.7. The molecule has 0 aliphatic carbocycles. The Morgan fingerprint density at radius 1 is 1.00 bits per heavy atom. The quantitative estimate of drug-likeness (QED) is 0.109. The van der Waals surface area contributed by atoms with E-state index >= 15 is 0 Å². The number of amides is 7. The average Bonchev–Trinajstić information content (AvgIpc) is 3.32. The third kappa shape index (κ3) is 5.77. The van der Waals surface area contributed by atoms with Gasteiger partial charge in [-0.1, -0.05) is 60.7 Å². The highest BCUT2D eigenvalue weighted by Gasteiger charge is 2.73. The summed E-state index contributed by atoms with van der Waals surface area (Å²) < 4.78 is 4.69. The van der Waals surface area contributed by atoms with Crippen LogP contribution in [0.25, 0.3) is 0 Å². The van der Waals surface area contributed by atoms with Crippen molar-refractivity contribution in [3.05, 3.63) is 71.8 Å². The number of β-lactam (4-membered cyclic amide) rings is 1. The Balaban J connectivity index is 1.36. The van der Waals surface area contributed by atoms with Gasteiger partial charge in [0.25, 0.3) is 5.91 Å². The number of imide groups is 1. The number of urea groups is 1. The highest BCUT2D eigenvalue weighted by atomic mass is 32.2. The Hall–Kier alpha value is -4.92. The fourth-order valence-electron chi connectivity index (χ4n) is 5.81. The first-order chi connectivity index (χ1) is 21.9. The van der Waals surface area contributed by atoms with Gasteiger partial charge in [-0.2, -0.15) is 0 Å². The summed E-state index contributed by atoms with van der Waals surface area (Å²) in [6.07, 6.45) is 0.276. The molecule has 4 atom stereocenters. The molecule has 3 saturated heterocycles. The van der Waals surface area contributed by atoms with Crippen LogP contribution in [-0.2, 0) is 40.1 Å². The van der Waals surface area contributed by atoms with Gasteiger partial charge in [0.05, 0.1) is 0 Å². The minimum atomic E-state index is -1.95. The van der Waals surface area contributed by atoms with Crippen molar-refractivity contribution >= 4 is 53.8 Å². The van der Waals surface area contributed by atoms with Crippen LogP contribution in [0.1, 0.15) is 37.9 Å². The molecule has 3 fully saturated rings. The van der Waals surface area contributed by atoms with E-state index in [1.54, 1.807) is 63.2 Å². The van der Waals surface area contributed by atoms with Crippen molar-refractivity contribution in [2.24, 2.45) is 0 Å². The Morgan fingerprint density at radius 3 is 2.28 bits per heavy atom. The summed E-state index contributed by atoms with van der Waals surface area (Å²) in [5.41, 5.74) is -0.876. The summed E-state index contributed by atoms with van der Waals surface area (Å²) in [6.45, 7) is 5.58. The highest BCUT2D eigenvalue weighted by Crippen LogP contribution is 2.54. The molecule has 3 aliphatic heterocycles. The summed E-state index contributed by atoms with van der Waals surface area (Å²) >= 11 is 1.20. The van der Waals surface area contributed by atoms with E-state index in [1.807, 2.05) is 18.2 Å². The van der Waals surface area contributed by atoms with Crippen LogP contribution in [0.2, 0.25) is 0 Å². The Bertz CT molecular complexity index is 1560. The smallest absolute Gasteiger partial charge is 0.330 e. The number of fused-ring (bicyclic) bond motifs is 1. The molecule has 5 rings (SSSR count). The van der Waals surface area contributed by atoms with Gasteiger partial charge in [-0.25, -0.2) is 9.59 Å². The first kappa shape index (κ1) is 32.5. The zero-order chi connectivity index (χ0) is 33.2. The minimum absolute atomic E-state index is 0.00185. The van der Waals surface area contributed by atoms with Crippen molar-refractivity contribution in [2.45, 2.75) is 55.2 Å². The number of carbonyl (C=O) groups excluding carboxylic acids is 7. The molecule has 3 heterocycles. The number of esters is 1. The average molecular weight is 651 g/mol. The summed E-state index contributed by atoms with van der Waals surface area (Å²) in [5.74, 6) is -4.12. The Labute approximate surface area is 269 Å². The number of nitrogens with zero attached hydrogens (tertiary/aromatic N) is 3. The van der Waals surface area contributed by atoms with Gasteiger partial charge < -0.3 is 30.5 Å². The number of benzene rings is 2. The van der Waals surface area contributed by atoms with Crippen molar-refractivity contribution in [3.63, 3.8) is 0 Å². The van der Waals surface area contributed by atoms with E-state index in [9.17, 15) is 33.6 Å². The maximum Gasteiger partial charge on any atom is 0.330 e. The number of likely N-dealkylation sites (N-methyl/N-ethyl adjacent to an activating group) is 1. The van der Waals surface area contributed by atoms with Crippen LogP contribution in [0.3, 0.4) is 0 Å². The van der Waals surface area contributed by atoms with E-state index in [2.05, 4.69) is 16.0 Å². The van der Waals surface area contributed by atoms with E-state index in [4.69, 9.17) is 4.74 Å². The number of hydrogen-bond acceptors (Lipinski definition) is 9. The molecule has 46 heavy (non-hydrogen) atoms. The van der Waals surface area contributed by atoms with Crippen LogP contribution in [0.15, 0.2) is 60.7 Å². The lowest BCUT2D eigenvalue weighted by atomic mass is 9.90. The molecular formula is C31H34N6O8S. The van der Waals surface area contributed by atoms with Gasteiger partial charge in [0.2, 0.25) is 18.0 Å². The molecular weight excluding hydrogens is 616 g/mol. The number of rotatable bonds is 10. The van der Waals surface area contributed by atoms with Gasteiger partial charge in [0, 0.05) is 24.4 Å². The maximum atomic E-state index is 13.9. The fourth-order valence-corrected chi connectivity index (χ4v) is 7.46. The van der Waals surface area contributed by atoms with E-state index in [0.717, 1.165) is 10.5 Å². The molecule has 0 spiro atoms. The molecule has 3 aliphatic rings. The van der Waals surface area contributed by atoms with E-state index < -0.39 is 63.5 Å². The largest absolute Gasteiger partial charge is 0.459 e. The van der Waals surface area contributed by atoms with Crippen molar-refractivity contribution in [1.82, 2.24) is 30.7 Å². The maximum absolute atomic E-state index is 13.9. The topological polar surface area (TPSA) is 175 Å². The molecule has 14 nitrogen and oxygen atoms in total. The van der Waals surface area contributed by atoms with Gasteiger partial charge in [0.15, 0.2) is 0 Å². The first-order valence-electron chi connectivity index (χ1n) is 14.7. The van der Waals surface area contributed by atoms with Crippen LogP contribution in [0.5, 0.6) is 0 Å². The third-order valence-electron chi connectivity index (χ3n) is 8.20. The number of carbonyl (C=O) groups is 7. The van der Waals surface area contributed by atoms with Crippen molar-refractivity contribution in [2.75, 3.05) is 19.6 Å². The van der Waals surface area contributed by atoms with Crippen LogP contribution < -0.4 is 16.0 Å². The summed E-state index contributed by atoms with van der Waals surface area (Å²) in [7, 11) is 0. The minimum Gasteiger partial charge on any atom is -0.459 e. The second-order valence-corrected chi connectivity index (χ2v) is 13.2. The van der Waals surface area contributed by atoms with E-state index in [1.165, 1.54) is 21.6 Å². The van der Waals surface area contributed by atoms with Crippen LogP contribution >= 0.6 is 11.8 Å². The highest BCUT2D eigenvalue weighted by molar-refractivity contribution is 8.01. The van der Waals surface area contributed by atoms with Gasteiger partial charge in [0.1, 0.15) is 24.1 Å². The Kier molecular flexibility index (Phi) is 9.06. The molecule has 0 aromatic heterocycles. The first-order valence-corrected chi connectivity index (χ1v) is 15.5. The molecule has 0 radical (unpaired) electrons. The lowest BCUT2D eigenvalue weighted by Gasteiger charge is -2.52. The van der Waals surface area contributed by atoms with Gasteiger partial charge in [-0.15, -0.1) is 11.8 Å². The van der Waals surface area contributed by atoms with Gasteiger partial charge >= 0.3 is 23.8 Å². The Morgan fingerprint density at radius 2 is 1.65 bits per heavy atom. The normalized spacial score (nSPS) is 24.0. The third-order valence-corrected chi connectivity index (χ3v) is 9.83. The summed E-state index contributed by atoms with van der Waals surface area (Å²) in [4.78, 5) is 94.5. The molecule has 2 aromatic rings. The molecule has 242 valence electrons. The van der Waals surface area contributed by atoms with Crippen LogP contribution in [-0.4, -0.2) is 98.2 Å². The lowest BCUT2D eigenvalue weighted by molar-refractivity contribution is -0.174. The molecule has 15 heteroatoms. The van der Waals surface area contributed by atoms with E-state index in [-0.39, 0.29) is 26.1 Å². The number of nitrogens with one attached hydrogen (secondary N) is 3. The lowest BCUT2D eigenvalue weighted by Crippen LogP contribution is -2.85. The zero-order valence-corrected chi connectivity index (χ0v) is 26.2. The predicted octanol–water partition coefficient (Wildman–Crippen LogP) is 0.492. The monoisotopic (exact) mass is 650 g/mol. The van der Waals surface area contributed by atoms with Crippen molar-refractivity contribution in [3.8, 4) is 0 Å². The molecule has 1 unspecified atom stereocenters. The molecule has 0 bridgehead atoms. The van der Waals surface area contributed by atoms with Crippen molar-refractivity contribution < 1.29 is 38.3 Å². The number of thioether (sulfide) groups is 1. The van der Waals surface area contributed by atoms with Gasteiger partial charge in [-0.3, -0.25) is 28.9 Å². The van der Waals surface area contributed by atoms with Crippen molar-refractivity contribution in [1.29, 1.82) is 0 Å². The SMILES string of the molecule is CCN1CCN(C(=O)NC(C(=O)N[C@]2(NC=O)C(=O)N3[C@@H](C(=O)OCc4ccccc4)C(C)(C)S[C@@H]32)c2ccccc2)C(=O)C1=O. The predicted molar refractivity (Wildman–Crippen MR) is 164 cm³/mol. The fraction of sp³-hybridized carbons (Fsp3) is 0.387. The summed E-state index contributed by atoms with van der Waals surface area (Å²) in [5, 5.41) is 6.67. The standard InChI is InChI=1S/C31H34N6O8S/c1-4-35-15-16-36(25(41)24(35)40)29(44)33-21(20-13-9-6-10-14-20)23(39)34-31(32-18-38)27(43)37-22(30(2,3)46-28(31)37)26(42)45-17-19-11-7-5-8-12-19/h5-14,18,21-22,28H,4,15-17H2,1-3H3,(H,32,38)(H,33,44)(H,34,39)/t21?,22-,28+,31+/m0/s1. The van der Waals surface area contributed by atoms with Crippen LogP contribution in [0, 0.1) is 0 Å². The van der Waals surface area contributed by atoms with Crippen LogP contribution in [0.4, 0.5) is 4.79 Å². The second kappa shape index (κ2) is 12.8. The molecule has 0 saturated carbocycles. The second-order valence-electron chi connectivity index (χ2n) is 11.5. The van der Waals surface area contributed by atoms with E-state index in [0.29, 0.717) is 12.1 Å². The van der Waals surface area contributed by atoms with Gasteiger partial charge in [-0.05, 0) is 31.9 Å². The molecule has 3 N–H and O–H groups in total. The number of ether oxygens (including phenoxy) is 1. The molecule has 2 aromatic carbocycles. The number of piperazine rings is 1. The molecule has 7 amide bonds. The number of hydrogen-bond donors (Lipinski definition) is 3.